The Morgan fingerprint density at radius 1 is 1.07 bits per heavy atom. The van der Waals surface area contributed by atoms with E-state index in [1.165, 1.54) is 53.9 Å². The molecule has 1 fully saturated rings. The first-order chi connectivity index (χ1) is 13.8. The zero-order valence-corrected chi connectivity index (χ0v) is 19.7. The standard InChI is InChI=1S/C25H37N3S/c1-6-13-26-19-9-14-28(15-10-19)23-27-22(17-29-23)18-7-8-20-21(16-18)25(4,5)12-11-24(20,2)3/h7-8,16-17,19,26H,6,9-15H2,1-5H3. The summed E-state index contributed by atoms with van der Waals surface area (Å²) in [6.07, 6.45) is 6.16. The number of nitrogens with one attached hydrogen (secondary N) is 1. The fraction of sp³-hybridized carbons (Fsp3) is 0.640. The zero-order chi connectivity index (χ0) is 20.6. The van der Waals surface area contributed by atoms with E-state index in [4.69, 9.17) is 4.98 Å². The van der Waals surface area contributed by atoms with Crippen molar-refractivity contribution in [2.24, 2.45) is 0 Å². The number of aromatic nitrogens is 1. The molecule has 1 aliphatic heterocycles. The molecule has 1 aliphatic carbocycles. The fourth-order valence-corrected chi connectivity index (χ4v) is 5.80. The molecule has 0 spiro atoms. The van der Waals surface area contributed by atoms with Crippen molar-refractivity contribution in [2.75, 3.05) is 24.5 Å². The van der Waals surface area contributed by atoms with Gasteiger partial charge in [0.25, 0.3) is 0 Å². The van der Waals surface area contributed by atoms with E-state index in [0.717, 1.165) is 25.3 Å². The summed E-state index contributed by atoms with van der Waals surface area (Å²) in [4.78, 5) is 7.52. The Morgan fingerprint density at radius 2 is 1.76 bits per heavy atom. The van der Waals surface area contributed by atoms with E-state index in [2.05, 4.69) is 68.4 Å². The lowest BCUT2D eigenvalue weighted by Gasteiger charge is -2.42. The molecule has 158 valence electrons. The van der Waals surface area contributed by atoms with Crippen LogP contribution in [0, 0.1) is 0 Å². The molecule has 29 heavy (non-hydrogen) atoms. The second kappa shape index (κ2) is 8.03. The van der Waals surface area contributed by atoms with Crippen LogP contribution in [0.5, 0.6) is 0 Å². The van der Waals surface area contributed by atoms with Crippen LogP contribution in [0.3, 0.4) is 0 Å². The van der Waals surface area contributed by atoms with Crippen molar-refractivity contribution in [2.45, 2.75) is 83.6 Å². The summed E-state index contributed by atoms with van der Waals surface area (Å²) in [5.41, 5.74) is 5.97. The molecule has 2 aliphatic rings. The van der Waals surface area contributed by atoms with E-state index >= 15 is 0 Å². The molecule has 2 aromatic rings. The number of hydrogen-bond donors (Lipinski definition) is 1. The van der Waals surface area contributed by atoms with Gasteiger partial charge in [-0.3, -0.25) is 0 Å². The average molecular weight is 412 g/mol. The Bertz CT molecular complexity index is 844. The summed E-state index contributed by atoms with van der Waals surface area (Å²) in [5.74, 6) is 0. The summed E-state index contributed by atoms with van der Waals surface area (Å²) < 4.78 is 0. The molecule has 0 amide bonds. The van der Waals surface area contributed by atoms with Crippen molar-refractivity contribution >= 4 is 16.5 Å². The van der Waals surface area contributed by atoms with Gasteiger partial charge in [-0.15, -0.1) is 11.3 Å². The first-order valence-corrected chi connectivity index (χ1v) is 12.3. The Hall–Kier alpha value is -1.39. The smallest absolute Gasteiger partial charge is 0.185 e. The number of rotatable bonds is 5. The number of fused-ring (bicyclic) bond motifs is 1. The van der Waals surface area contributed by atoms with Gasteiger partial charge in [0.1, 0.15) is 0 Å². The van der Waals surface area contributed by atoms with Gasteiger partial charge in [0, 0.05) is 30.1 Å². The van der Waals surface area contributed by atoms with Crippen LogP contribution in [0.1, 0.15) is 77.8 Å². The van der Waals surface area contributed by atoms with E-state index in [1.807, 2.05) is 0 Å². The first-order valence-electron chi connectivity index (χ1n) is 11.4. The van der Waals surface area contributed by atoms with Crippen LogP contribution < -0.4 is 10.2 Å². The van der Waals surface area contributed by atoms with E-state index < -0.39 is 0 Å². The summed E-state index contributed by atoms with van der Waals surface area (Å²) in [6, 6.07) is 7.77. The van der Waals surface area contributed by atoms with Gasteiger partial charge in [-0.2, -0.15) is 0 Å². The third-order valence-electron chi connectivity index (χ3n) is 7.09. The second-order valence-corrected chi connectivity index (χ2v) is 11.1. The van der Waals surface area contributed by atoms with Crippen molar-refractivity contribution in [1.29, 1.82) is 0 Å². The van der Waals surface area contributed by atoms with Crippen LogP contribution in [0.15, 0.2) is 23.6 Å². The van der Waals surface area contributed by atoms with Gasteiger partial charge >= 0.3 is 0 Å². The van der Waals surface area contributed by atoms with Crippen molar-refractivity contribution < 1.29 is 0 Å². The van der Waals surface area contributed by atoms with Gasteiger partial charge < -0.3 is 10.2 Å². The Balaban J connectivity index is 1.52. The molecule has 0 saturated carbocycles. The minimum Gasteiger partial charge on any atom is -0.348 e. The van der Waals surface area contributed by atoms with Crippen molar-refractivity contribution in [1.82, 2.24) is 10.3 Å². The lowest BCUT2D eigenvalue weighted by molar-refractivity contribution is 0.332. The predicted molar refractivity (Wildman–Crippen MR) is 126 cm³/mol. The molecule has 4 heteroatoms. The molecule has 1 aromatic heterocycles. The lowest BCUT2D eigenvalue weighted by Crippen LogP contribution is -2.42. The number of thiazole rings is 1. The number of anilines is 1. The van der Waals surface area contributed by atoms with Gasteiger partial charge in [-0.25, -0.2) is 4.98 Å². The van der Waals surface area contributed by atoms with Crippen LogP contribution in [-0.2, 0) is 10.8 Å². The van der Waals surface area contributed by atoms with Gasteiger partial charge in [0.2, 0.25) is 0 Å². The Morgan fingerprint density at radius 3 is 2.45 bits per heavy atom. The molecule has 0 unspecified atom stereocenters. The molecule has 0 radical (unpaired) electrons. The maximum absolute atomic E-state index is 5.05. The van der Waals surface area contributed by atoms with Gasteiger partial charge in [0.05, 0.1) is 5.69 Å². The minimum atomic E-state index is 0.243. The largest absolute Gasteiger partial charge is 0.348 e. The second-order valence-electron chi connectivity index (χ2n) is 10.3. The zero-order valence-electron chi connectivity index (χ0n) is 18.8. The van der Waals surface area contributed by atoms with E-state index in [-0.39, 0.29) is 10.8 Å². The highest BCUT2D eigenvalue weighted by molar-refractivity contribution is 7.14. The van der Waals surface area contributed by atoms with Crippen LogP contribution in [0.25, 0.3) is 11.3 Å². The van der Waals surface area contributed by atoms with E-state index in [1.54, 1.807) is 11.3 Å². The molecular weight excluding hydrogens is 374 g/mol. The van der Waals surface area contributed by atoms with Crippen molar-refractivity contribution in [3.8, 4) is 11.3 Å². The van der Waals surface area contributed by atoms with Crippen LogP contribution in [0.2, 0.25) is 0 Å². The highest BCUT2D eigenvalue weighted by Gasteiger charge is 2.37. The SMILES string of the molecule is CCCNC1CCN(c2nc(-c3ccc4c(c3)C(C)(C)CCC4(C)C)cs2)CC1. The third kappa shape index (κ3) is 4.25. The Kier molecular flexibility index (Phi) is 5.78. The maximum Gasteiger partial charge on any atom is 0.185 e. The molecule has 1 saturated heterocycles. The molecule has 0 bridgehead atoms. The summed E-state index contributed by atoms with van der Waals surface area (Å²) in [6.45, 7) is 15.2. The molecule has 4 rings (SSSR count). The topological polar surface area (TPSA) is 28.2 Å². The first kappa shape index (κ1) is 20.9. The monoisotopic (exact) mass is 411 g/mol. The summed E-state index contributed by atoms with van der Waals surface area (Å²) in [7, 11) is 0. The summed E-state index contributed by atoms with van der Waals surface area (Å²) in [5, 5.41) is 7.11. The number of nitrogens with zero attached hydrogens (tertiary/aromatic N) is 2. The maximum atomic E-state index is 5.05. The van der Waals surface area contributed by atoms with Gasteiger partial charge in [-0.1, -0.05) is 46.8 Å². The van der Waals surface area contributed by atoms with Gasteiger partial charge in [0.15, 0.2) is 5.13 Å². The van der Waals surface area contributed by atoms with E-state index in [0.29, 0.717) is 6.04 Å². The molecule has 1 N–H and O–H groups in total. The number of piperidine rings is 1. The molecule has 2 heterocycles. The Labute approximate surface area is 180 Å². The highest BCUT2D eigenvalue weighted by atomic mass is 32.1. The lowest BCUT2D eigenvalue weighted by atomic mass is 9.63. The van der Waals surface area contributed by atoms with Gasteiger partial charge in [-0.05, 0) is 66.7 Å². The van der Waals surface area contributed by atoms with Crippen LogP contribution >= 0.6 is 11.3 Å². The van der Waals surface area contributed by atoms with E-state index in [9.17, 15) is 0 Å². The summed E-state index contributed by atoms with van der Waals surface area (Å²) >= 11 is 1.80. The van der Waals surface area contributed by atoms with Crippen molar-refractivity contribution in [3.05, 3.63) is 34.7 Å². The fourth-order valence-electron chi connectivity index (χ4n) is 4.91. The molecule has 1 aromatic carbocycles. The number of hydrogen-bond acceptors (Lipinski definition) is 4. The molecule has 3 nitrogen and oxygen atoms in total. The minimum absolute atomic E-state index is 0.243. The quantitative estimate of drug-likeness (QED) is 0.642. The average Bonchev–Trinajstić information content (AvgIpc) is 3.20. The third-order valence-corrected chi connectivity index (χ3v) is 7.99. The van der Waals surface area contributed by atoms with Crippen LogP contribution in [-0.4, -0.2) is 30.7 Å². The normalized spacial score (nSPS) is 21.2. The highest BCUT2D eigenvalue weighted by Crippen LogP contribution is 2.46. The van der Waals surface area contributed by atoms with Crippen LogP contribution in [0.4, 0.5) is 5.13 Å². The molecule has 0 atom stereocenters. The predicted octanol–water partition coefficient (Wildman–Crippen LogP) is 6.13. The number of benzene rings is 1. The molecular formula is C25H37N3S. The van der Waals surface area contributed by atoms with Crippen molar-refractivity contribution in [3.63, 3.8) is 0 Å².